The second-order valence-electron chi connectivity index (χ2n) is 4.74. The Morgan fingerprint density at radius 1 is 1.53 bits per heavy atom. The lowest BCUT2D eigenvalue weighted by molar-refractivity contribution is 0.601. The van der Waals surface area contributed by atoms with E-state index < -0.39 is 9.84 Å². The van der Waals surface area contributed by atoms with Crippen LogP contribution in [-0.2, 0) is 9.84 Å². The number of amidine groups is 1. The molecule has 1 aliphatic rings. The molecule has 3 N–H and O–H groups in total. The summed E-state index contributed by atoms with van der Waals surface area (Å²) in [5, 5.41) is 8.11. The number of benzene rings is 1. The summed E-state index contributed by atoms with van der Waals surface area (Å²) in [5.74, 6) is 0.282. The number of nitrogens with two attached hydrogens (primary N) is 1. The summed E-state index contributed by atoms with van der Waals surface area (Å²) in [6.07, 6.45) is 0.586. The lowest BCUT2D eigenvalue weighted by atomic mass is 10.1. The molecule has 104 valence electrons. The zero-order chi connectivity index (χ0) is 14.2. The highest BCUT2D eigenvalue weighted by atomic mass is 35.5. The van der Waals surface area contributed by atoms with Crippen molar-refractivity contribution in [3.63, 3.8) is 0 Å². The van der Waals surface area contributed by atoms with Gasteiger partial charge in [0.2, 0.25) is 0 Å². The van der Waals surface area contributed by atoms with Crippen molar-refractivity contribution in [2.24, 2.45) is 5.73 Å². The first-order valence-corrected chi connectivity index (χ1v) is 8.07. The zero-order valence-electron chi connectivity index (χ0n) is 10.6. The van der Waals surface area contributed by atoms with E-state index in [0.717, 1.165) is 0 Å². The van der Waals surface area contributed by atoms with Gasteiger partial charge in [-0.3, -0.25) is 5.41 Å². The summed E-state index contributed by atoms with van der Waals surface area (Å²) < 4.78 is 23.1. The Kier molecular flexibility index (Phi) is 3.73. The van der Waals surface area contributed by atoms with Crippen molar-refractivity contribution in [3.05, 3.63) is 28.8 Å². The lowest BCUT2D eigenvalue weighted by Gasteiger charge is -2.27. The molecule has 0 amide bonds. The van der Waals surface area contributed by atoms with Crippen molar-refractivity contribution in [2.75, 3.05) is 23.5 Å². The number of sulfone groups is 1. The molecule has 0 aliphatic carbocycles. The molecule has 0 radical (unpaired) electrons. The van der Waals surface area contributed by atoms with Crippen LogP contribution < -0.4 is 10.6 Å². The number of nitrogens with one attached hydrogen (secondary N) is 1. The van der Waals surface area contributed by atoms with Crippen molar-refractivity contribution in [3.8, 4) is 0 Å². The highest BCUT2D eigenvalue weighted by Gasteiger charge is 2.31. The third-order valence-electron chi connectivity index (χ3n) is 3.39. The molecule has 0 bridgehead atoms. The average Bonchev–Trinajstić information content (AvgIpc) is 2.68. The number of halogens is 1. The predicted octanol–water partition coefficient (Wildman–Crippen LogP) is 1.25. The molecule has 1 aliphatic heterocycles. The van der Waals surface area contributed by atoms with Crippen LogP contribution in [-0.4, -0.2) is 38.8 Å². The van der Waals surface area contributed by atoms with E-state index in [1.165, 1.54) is 0 Å². The molecule has 0 aromatic heterocycles. The molecule has 1 aromatic rings. The fraction of sp³-hybridized carbons (Fsp3) is 0.417. The number of nitrogens with zero attached hydrogens (tertiary/aromatic N) is 1. The molecule has 1 fully saturated rings. The Morgan fingerprint density at radius 3 is 2.74 bits per heavy atom. The van der Waals surface area contributed by atoms with Gasteiger partial charge in [-0.1, -0.05) is 11.6 Å². The molecule has 5 nitrogen and oxygen atoms in total. The summed E-state index contributed by atoms with van der Waals surface area (Å²) in [6, 6.07) is 4.96. The SMILES string of the molecule is CN(c1cc(Cl)ccc1C(=N)N)C1CCS(=O)(=O)C1. The number of hydrogen-bond acceptors (Lipinski definition) is 4. The maximum atomic E-state index is 11.5. The highest BCUT2D eigenvalue weighted by molar-refractivity contribution is 7.91. The quantitative estimate of drug-likeness (QED) is 0.650. The van der Waals surface area contributed by atoms with E-state index in [-0.39, 0.29) is 23.4 Å². The molecule has 2 rings (SSSR count). The Labute approximate surface area is 117 Å². The van der Waals surface area contributed by atoms with Crippen LogP contribution in [0.1, 0.15) is 12.0 Å². The van der Waals surface area contributed by atoms with Gasteiger partial charge in [0.15, 0.2) is 9.84 Å². The summed E-state index contributed by atoms with van der Waals surface area (Å²) in [6.45, 7) is 0. The molecule has 1 unspecified atom stereocenters. The van der Waals surface area contributed by atoms with Crippen LogP contribution in [0, 0.1) is 5.41 Å². The normalized spacial score (nSPS) is 21.3. The second-order valence-corrected chi connectivity index (χ2v) is 7.41. The van der Waals surface area contributed by atoms with Crippen molar-refractivity contribution >= 4 is 33.0 Å². The summed E-state index contributed by atoms with van der Waals surface area (Å²) in [4.78, 5) is 1.85. The van der Waals surface area contributed by atoms with E-state index in [1.54, 1.807) is 18.2 Å². The minimum atomic E-state index is -2.95. The first kappa shape index (κ1) is 14.1. The number of anilines is 1. The Balaban J connectivity index is 2.36. The van der Waals surface area contributed by atoms with Crippen LogP contribution in [0.15, 0.2) is 18.2 Å². The van der Waals surface area contributed by atoms with Crippen LogP contribution in [0.2, 0.25) is 5.02 Å². The van der Waals surface area contributed by atoms with Crippen molar-refractivity contribution in [1.29, 1.82) is 5.41 Å². The van der Waals surface area contributed by atoms with E-state index in [9.17, 15) is 8.42 Å². The molecule has 0 saturated carbocycles. The fourth-order valence-corrected chi connectivity index (χ4v) is 4.24. The molecule has 1 atom stereocenters. The molecule has 7 heteroatoms. The van der Waals surface area contributed by atoms with Gasteiger partial charge < -0.3 is 10.6 Å². The van der Waals surface area contributed by atoms with Crippen LogP contribution >= 0.6 is 11.6 Å². The zero-order valence-corrected chi connectivity index (χ0v) is 12.1. The van der Waals surface area contributed by atoms with Gasteiger partial charge in [0.1, 0.15) is 5.84 Å². The smallest absolute Gasteiger partial charge is 0.152 e. The molecule has 1 saturated heterocycles. The second kappa shape index (κ2) is 5.02. The third-order valence-corrected chi connectivity index (χ3v) is 5.37. The first-order chi connectivity index (χ1) is 8.80. The van der Waals surface area contributed by atoms with Gasteiger partial charge in [-0.15, -0.1) is 0 Å². The van der Waals surface area contributed by atoms with E-state index in [0.29, 0.717) is 22.7 Å². The van der Waals surface area contributed by atoms with Crippen LogP contribution in [0.4, 0.5) is 5.69 Å². The molecular weight excluding hydrogens is 286 g/mol. The maximum Gasteiger partial charge on any atom is 0.152 e. The van der Waals surface area contributed by atoms with E-state index >= 15 is 0 Å². The first-order valence-electron chi connectivity index (χ1n) is 5.87. The van der Waals surface area contributed by atoms with Gasteiger partial charge in [0, 0.05) is 29.4 Å². The monoisotopic (exact) mass is 301 g/mol. The van der Waals surface area contributed by atoms with Crippen molar-refractivity contribution in [1.82, 2.24) is 0 Å². The fourth-order valence-electron chi connectivity index (χ4n) is 2.30. The largest absolute Gasteiger partial charge is 0.384 e. The Hall–Kier alpha value is -1.27. The molecule has 19 heavy (non-hydrogen) atoms. The van der Waals surface area contributed by atoms with Crippen molar-refractivity contribution < 1.29 is 8.42 Å². The predicted molar refractivity (Wildman–Crippen MR) is 77.9 cm³/mol. The molecular formula is C12H16ClN3O2S. The van der Waals surface area contributed by atoms with Gasteiger partial charge in [-0.05, 0) is 24.6 Å². The van der Waals surface area contributed by atoms with Crippen molar-refractivity contribution in [2.45, 2.75) is 12.5 Å². The standard InChI is InChI=1S/C12H16ClN3O2S/c1-16(9-4-5-19(17,18)7-9)11-6-8(13)2-3-10(11)12(14)15/h2-3,6,9H,4-5,7H2,1H3,(H3,14,15). The number of hydrogen-bond donors (Lipinski definition) is 2. The topological polar surface area (TPSA) is 87.2 Å². The summed E-state index contributed by atoms with van der Waals surface area (Å²) in [5.41, 5.74) is 6.81. The van der Waals surface area contributed by atoms with Gasteiger partial charge in [-0.25, -0.2) is 8.42 Å². The van der Waals surface area contributed by atoms with E-state index in [1.807, 2.05) is 11.9 Å². The minimum absolute atomic E-state index is 0.0561. The minimum Gasteiger partial charge on any atom is -0.384 e. The molecule has 1 heterocycles. The van der Waals surface area contributed by atoms with Crippen LogP contribution in [0.25, 0.3) is 0 Å². The highest BCUT2D eigenvalue weighted by Crippen LogP contribution is 2.28. The van der Waals surface area contributed by atoms with E-state index in [4.69, 9.17) is 22.7 Å². The van der Waals surface area contributed by atoms with Gasteiger partial charge in [0.25, 0.3) is 0 Å². The third kappa shape index (κ3) is 3.01. The lowest BCUT2D eigenvalue weighted by Crippen LogP contribution is -2.34. The summed E-state index contributed by atoms with van der Waals surface area (Å²) >= 11 is 5.97. The number of nitrogen functional groups attached to an aromatic ring is 1. The van der Waals surface area contributed by atoms with Gasteiger partial charge in [0.05, 0.1) is 11.5 Å². The van der Waals surface area contributed by atoms with Crippen LogP contribution in [0.5, 0.6) is 0 Å². The maximum absolute atomic E-state index is 11.5. The Morgan fingerprint density at radius 2 is 2.21 bits per heavy atom. The summed E-state index contributed by atoms with van der Waals surface area (Å²) in [7, 11) is -1.14. The van der Waals surface area contributed by atoms with Gasteiger partial charge in [-0.2, -0.15) is 0 Å². The van der Waals surface area contributed by atoms with E-state index in [2.05, 4.69) is 0 Å². The van der Waals surface area contributed by atoms with Crippen LogP contribution in [0.3, 0.4) is 0 Å². The molecule has 1 aromatic carbocycles. The van der Waals surface area contributed by atoms with Gasteiger partial charge >= 0.3 is 0 Å². The Bertz CT molecular complexity index is 615. The average molecular weight is 302 g/mol. The number of rotatable bonds is 3. The molecule has 0 spiro atoms.